The van der Waals surface area contributed by atoms with Gasteiger partial charge in [0.2, 0.25) is 0 Å². The number of nitrogens with zero attached hydrogens (tertiary/aromatic N) is 2. The predicted molar refractivity (Wildman–Crippen MR) is 70.1 cm³/mol. The fourth-order valence-corrected chi connectivity index (χ4v) is 1.80. The summed E-state index contributed by atoms with van der Waals surface area (Å²) in [4.78, 5) is 14.7. The lowest BCUT2D eigenvalue weighted by atomic mass is 9.78. The molecule has 2 rings (SSSR count). The fraction of sp³-hybridized carbons (Fsp3) is 0.583. The second-order valence-electron chi connectivity index (χ2n) is 5.55. The highest BCUT2D eigenvalue weighted by Crippen LogP contribution is 2.36. The Hall–Kier alpha value is -1.27. The van der Waals surface area contributed by atoms with Crippen LogP contribution in [-0.4, -0.2) is 23.3 Å². The number of aryl methyl sites for hydroxylation is 1. The second-order valence-corrected chi connectivity index (χ2v) is 5.55. The van der Waals surface area contributed by atoms with Gasteiger partial charge in [0.25, 0.3) is 0 Å². The van der Waals surface area contributed by atoms with Crippen molar-refractivity contribution in [3.05, 3.63) is 22.9 Å². The van der Waals surface area contributed by atoms with E-state index in [1.165, 1.54) is 6.20 Å². The molecule has 1 saturated heterocycles. The summed E-state index contributed by atoms with van der Waals surface area (Å²) >= 11 is 0. The number of nitroso groups, excluding NO2 is 1. The summed E-state index contributed by atoms with van der Waals surface area (Å²) in [6.07, 6.45) is 1.44. The van der Waals surface area contributed by atoms with E-state index in [4.69, 9.17) is 9.31 Å². The molecule has 1 aromatic heterocycles. The van der Waals surface area contributed by atoms with Crippen molar-refractivity contribution in [1.82, 2.24) is 4.98 Å². The molecular formula is C12H17BN2O3. The van der Waals surface area contributed by atoms with Gasteiger partial charge in [-0.2, -0.15) is 0 Å². The zero-order valence-corrected chi connectivity index (χ0v) is 11.4. The zero-order chi connectivity index (χ0) is 13.6. The van der Waals surface area contributed by atoms with Gasteiger partial charge in [0.1, 0.15) is 5.69 Å². The van der Waals surface area contributed by atoms with Crippen LogP contribution in [0.4, 0.5) is 5.69 Å². The van der Waals surface area contributed by atoms with Crippen LogP contribution in [-0.2, 0) is 9.31 Å². The molecule has 0 bridgehead atoms. The first-order valence-electron chi connectivity index (χ1n) is 5.92. The summed E-state index contributed by atoms with van der Waals surface area (Å²) in [6.45, 7) is 9.79. The van der Waals surface area contributed by atoms with E-state index in [0.717, 1.165) is 11.2 Å². The number of aromatic nitrogens is 1. The third-order valence-electron chi connectivity index (χ3n) is 3.72. The lowest BCUT2D eigenvalue weighted by Gasteiger charge is -2.32. The molecule has 0 unspecified atom stereocenters. The highest BCUT2D eigenvalue weighted by molar-refractivity contribution is 6.62. The molecule has 18 heavy (non-hydrogen) atoms. The summed E-state index contributed by atoms with van der Waals surface area (Å²) < 4.78 is 11.8. The fourth-order valence-electron chi connectivity index (χ4n) is 1.80. The van der Waals surface area contributed by atoms with Crippen LogP contribution in [0, 0.1) is 11.8 Å². The molecule has 0 spiro atoms. The molecule has 0 radical (unpaired) electrons. The van der Waals surface area contributed by atoms with Crippen LogP contribution in [0.15, 0.2) is 17.4 Å². The molecule has 6 heteroatoms. The Labute approximate surface area is 107 Å². The smallest absolute Gasteiger partial charge is 0.399 e. The number of pyridine rings is 1. The van der Waals surface area contributed by atoms with E-state index >= 15 is 0 Å². The summed E-state index contributed by atoms with van der Waals surface area (Å²) in [5, 5.41) is 2.89. The second kappa shape index (κ2) is 4.14. The van der Waals surface area contributed by atoms with E-state index in [1.54, 1.807) is 6.07 Å². The molecule has 0 atom stereocenters. The van der Waals surface area contributed by atoms with Gasteiger partial charge in [0.15, 0.2) is 0 Å². The van der Waals surface area contributed by atoms with Crippen LogP contribution < -0.4 is 5.46 Å². The van der Waals surface area contributed by atoms with Gasteiger partial charge in [-0.05, 0) is 45.9 Å². The summed E-state index contributed by atoms with van der Waals surface area (Å²) in [5.74, 6) is 0. The third kappa shape index (κ3) is 2.06. The van der Waals surface area contributed by atoms with E-state index < -0.39 is 18.3 Å². The average Bonchev–Trinajstić information content (AvgIpc) is 2.48. The minimum absolute atomic E-state index is 0.283. The van der Waals surface area contributed by atoms with Crippen molar-refractivity contribution in [1.29, 1.82) is 0 Å². The van der Waals surface area contributed by atoms with Crippen LogP contribution in [0.3, 0.4) is 0 Å². The summed E-state index contributed by atoms with van der Waals surface area (Å²) in [5.41, 5.74) is 1.00. The third-order valence-corrected chi connectivity index (χ3v) is 3.72. The molecule has 1 aliphatic rings. The maximum absolute atomic E-state index is 10.6. The monoisotopic (exact) mass is 248 g/mol. The van der Waals surface area contributed by atoms with Crippen molar-refractivity contribution >= 4 is 18.3 Å². The maximum Gasteiger partial charge on any atom is 0.496 e. The van der Waals surface area contributed by atoms with Crippen LogP contribution >= 0.6 is 0 Å². The van der Waals surface area contributed by atoms with Gasteiger partial charge in [-0.3, -0.25) is 4.98 Å². The molecule has 1 aromatic rings. The molecular weight excluding hydrogens is 231 g/mol. The Kier molecular flexibility index (Phi) is 3.03. The van der Waals surface area contributed by atoms with E-state index in [-0.39, 0.29) is 5.69 Å². The molecule has 2 heterocycles. The van der Waals surface area contributed by atoms with Crippen LogP contribution in [0.5, 0.6) is 0 Å². The maximum atomic E-state index is 10.6. The topological polar surface area (TPSA) is 60.8 Å². The first-order chi connectivity index (χ1) is 8.27. The van der Waals surface area contributed by atoms with Crippen LogP contribution in [0.1, 0.15) is 33.4 Å². The van der Waals surface area contributed by atoms with Crippen molar-refractivity contribution in [2.45, 2.75) is 45.8 Å². The Bertz CT molecular complexity index is 472. The largest absolute Gasteiger partial charge is 0.496 e. The Morgan fingerprint density at radius 2 is 1.78 bits per heavy atom. The van der Waals surface area contributed by atoms with Crippen molar-refractivity contribution in [3.8, 4) is 0 Å². The van der Waals surface area contributed by atoms with Crippen LogP contribution in [0.25, 0.3) is 0 Å². The molecule has 0 saturated carbocycles. The zero-order valence-electron chi connectivity index (χ0n) is 11.4. The molecule has 1 aliphatic heterocycles. The lowest BCUT2D eigenvalue weighted by Crippen LogP contribution is -2.41. The average molecular weight is 248 g/mol. The summed E-state index contributed by atoms with van der Waals surface area (Å²) in [7, 11) is -0.510. The van der Waals surface area contributed by atoms with Gasteiger partial charge in [-0.25, -0.2) is 0 Å². The van der Waals surface area contributed by atoms with Crippen LogP contribution in [0.2, 0.25) is 0 Å². The highest BCUT2D eigenvalue weighted by Gasteiger charge is 2.52. The Morgan fingerprint density at radius 1 is 1.22 bits per heavy atom. The number of hydrogen-bond acceptors (Lipinski definition) is 5. The van der Waals surface area contributed by atoms with Gasteiger partial charge >= 0.3 is 7.12 Å². The standard InChI is InChI=1S/C12H17BN2O3/c1-8-10(6-9(15-16)7-14-8)13-17-11(2,3)12(4,5)18-13/h6-7H,1-5H3. The molecule has 0 aliphatic carbocycles. The first kappa shape index (κ1) is 13.2. The highest BCUT2D eigenvalue weighted by atomic mass is 16.7. The first-order valence-corrected chi connectivity index (χ1v) is 5.92. The van der Waals surface area contributed by atoms with Gasteiger partial charge in [0.05, 0.1) is 17.4 Å². The molecule has 96 valence electrons. The van der Waals surface area contributed by atoms with Gasteiger partial charge in [0, 0.05) is 11.2 Å². The Balaban J connectivity index is 2.37. The van der Waals surface area contributed by atoms with Crippen molar-refractivity contribution in [3.63, 3.8) is 0 Å². The molecule has 0 N–H and O–H groups in total. The SMILES string of the molecule is Cc1ncc(N=O)cc1B1OC(C)(C)C(C)(C)O1. The van der Waals surface area contributed by atoms with E-state index in [0.29, 0.717) is 0 Å². The van der Waals surface area contributed by atoms with Gasteiger partial charge in [-0.1, -0.05) is 0 Å². The molecule has 0 amide bonds. The van der Waals surface area contributed by atoms with Gasteiger partial charge in [-0.15, -0.1) is 4.91 Å². The van der Waals surface area contributed by atoms with E-state index in [1.807, 2.05) is 34.6 Å². The summed E-state index contributed by atoms with van der Waals surface area (Å²) in [6, 6.07) is 1.66. The minimum atomic E-state index is -0.510. The van der Waals surface area contributed by atoms with Gasteiger partial charge < -0.3 is 9.31 Å². The number of hydrogen-bond donors (Lipinski definition) is 0. The van der Waals surface area contributed by atoms with E-state index in [2.05, 4.69) is 10.2 Å². The van der Waals surface area contributed by atoms with Crippen molar-refractivity contribution in [2.24, 2.45) is 5.18 Å². The minimum Gasteiger partial charge on any atom is -0.399 e. The normalized spacial score (nSPS) is 21.1. The van der Waals surface area contributed by atoms with E-state index in [9.17, 15) is 4.91 Å². The number of rotatable bonds is 2. The Morgan fingerprint density at radius 3 is 2.28 bits per heavy atom. The van der Waals surface area contributed by atoms with Crippen molar-refractivity contribution in [2.75, 3.05) is 0 Å². The quantitative estimate of drug-likeness (QED) is 0.593. The van der Waals surface area contributed by atoms with Crippen molar-refractivity contribution < 1.29 is 9.31 Å². The predicted octanol–water partition coefficient (Wildman–Crippen LogP) is 2.09. The molecule has 5 nitrogen and oxygen atoms in total. The molecule has 1 fully saturated rings. The molecule has 0 aromatic carbocycles. The lowest BCUT2D eigenvalue weighted by molar-refractivity contribution is 0.00578.